The Bertz CT molecular complexity index is 830. The van der Waals surface area contributed by atoms with Crippen LogP contribution in [0.2, 0.25) is 0 Å². The maximum absolute atomic E-state index is 12.2. The number of aromatic nitrogens is 2. The maximum Gasteiger partial charge on any atom is 0.224 e. The van der Waals surface area contributed by atoms with E-state index in [0.29, 0.717) is 18.1 Å². The van der Waals surface area contributed by atoms with E-state index in [4.69, 9.17) is 0 Å². The highest BCUT2D eigenvalue weighted by Crippen LogP contribution is 2.24. The molecule has 1 aromatic carbocycles. The Morgan fingerprint density at radius 1 is 0.966 bits per heavy atom. The first kappa shape index (κ1) is 22.3. The van der Waals surface area contributed by atoms with Crippen molar-refractivity contribution in [3.05, 3.63) is 42.2 Å². The van der Waals surface area contributed by atoms with E-state index in [0.717, 1.165) is 31.5 Å². The lowest BCUT2D eigenvalue weighted by Gasteiger charge is -2.19. The Balaban J connectivity index is 1.65. The number of rotatable bonds is 9. The number of benzene rings is 1. The molecule has 2 amide bonds. The van der Waals surface area contributed by atoms with Gasteiger partial charge in [-0.25, -0.2) is 9.97 Å². The topological polar surface area (TPSA) is 96.0 Å². The van der Waals surface area contributed by atoms with Crippen LogP contribution in [0.5, 0.6) is 0 Å². The quantitative estimate of drug-likeness (QED) is 0.547. The fourth-order valence-electron chi connectivity index (χ4n) is 2.79. The minimum atomic E-state index is -0.168. The van der Waals surface area contributed by atoms with E-state index >= 15 is 0 Å². The Kier molecular flexibility index (Phi) is 8.12. The van der Waals surface area contributed by atoms with Crippen molar-refractivity contribution in [2.75, 3.05) is 22.5 Å². The minimum absolute atomic E-state index is 0.0415. The van der Waals surface area contributed by atoms with Gasteiger partial charge in [-0.3, -0.25) is 9.59 Å². The van der Waals surface area contributed by atoms with Crippen LogP contribution in [-0.4, -0.2) is 28.3 Å². The number of hydrogen-bond donors (Lipinski definition) is 3. The van der Waals surface area contributed by atoms with Crippen molar-refractivity contribution < 1.29 is 9.59 Å². The van der Waals surface area contributed by atoms with Crippen LogP contribution in [-0.2, 0) is 15.0 Å². The zero-order valence-electron chi connectivity index (χ0n) is 17.7. The second-order valence-electron chi connectivity index (χ2n) is 8.09. The van der Waals surface area contributed by atoms with Crippen LogP contribution in [0.1, 0.15) is 58.9 Å². The van der Waals surface area contributed by atoms with Gasteiger partial charge in [-0.05, 0) is 36.0 Å². The molecule has 0 aliphatic carbocycles. The highest BCUT2D eigenvalue weighted by Gasteiger charge is 2.14. The van der Waals surface area contributed by atoms with Crippen LogP contribution in [0.25, 0.3) is 0 Å². The summed E-state index contributed by atoms with van der Waals surface area (Å²) in [6.45, 7) is 8.65. The molecule has 2 aromatic rings. The van der Waals surface area contributed by atoms with Crippen molar-refractivity contribution in [3.8, 4) is 0 Å². The highest BCUT2D eigenvalue weighted by molar-refractivity contribution is 5.90. The smallest absolute Gasteiger partial charge is 0.224 e. The Morgan fingerprint density at radius 3 is 2.45 bits per heavy atom. The second-order valence-corrected chi connectivity index (χ2v) is 8.09. The Hall–Kier alpha value is -2.96. The third-order valence-corrected chi connectivity index (χ3v) is 4.37. The summed E-state index contributed by atoms with van der Waals surface area (Å²) in [6.07, 6.45) is 4.60. The summed E-state index contributed by atoms with van der Waals surface area (Å²) in [6, 6.07) is 9.72. The highest BCUT2D eigenvalue weighted by atomic mass is 16.2. The predicted octanol–water partition coefficient (Wildman–Crippen LogP) is 4.34. The molecule has 1 heterocycles. The lowest BCUT2D eigenvalue weighted by molar-refractivity contribution is -0.116. The molecule has 0 bridgehead atoms. The molecular formula is C22H31N5O2. The molecule has 0 fully saturated rings. The van der Waals surface area contributed by atoms with E-state index in [9.17, 15) is 9.59 Å². The number of nitrogens with one attached hydrogen (secondary N) is 3. The van der Waals surface area contributed by atoms with Gasteiger partial charge in [0.15, 0.2) is 0 Å². The number of nitrogens with zero attached hydrogens (tertiary/aromatic N) is 2. The number of amides is 2. The summed E-state index contributed by atoms with van der Waals surface area (Å²) in [5.74, 6) is 1.01. The van der Waals surface area contributed by atoms with Gasteiger partial charge in [0.05, 0.1) is 0 Å². The minimum Gasteiger partial charge on any atom is -0.370 e. The largest absolute Gasteiger partial charge is 0.370 e. The SMILES string of the molecule is CC(=O)Nc1cc(NCCCCCC(=O)Nc2cccc(C(C)(C)C)c2)ncn1. The van der Waals surface area contributed by atoms with Crippen LogP contribution in [0.15, 0.2) is 36.7 Å². The first-order valence-corrected chi connectivity index (χ1v) is 9.98. The van der Waals surface area contributed by atoms with E-state index in [-0.39, 0.29) is 17.2 Å². The average Bonchev–Trinajstić information content (AvgIpc) is 2.64. The van der Waals surface area contributed by atoms with Crippen LogP contribution in [0, 0.1) is 0 Å². The van der Waals surface area contributed by atoms with Crippen LogP contribution >= 0.6 is 0 Å². The van der Waals surface area contributed by atoms with Gasteiger partial charge in [-0.15, -0.1) is 0 Å². The normalized spacial score (nSPS) is 11.0. The number of anilines is 3. The predicted molar refractivity (Wildman–Crippen MR) is 117 cm³/mol. The lowest BCUT2D eigenvalue weighted by Crippen LogP contribution is -2.14. The second kappa shape index (κ2) is 10.5. The third kappa shape index (κ3) is 8.29. The molecule has 156 valence electrons. The molecule has 0 aliphatic heterocycles. The van der Waals surface area contributed by atoms with Gasteiger partial charge in [0, 0.05) is 31.6 Å². The standard InChI is InChI=1S/C22H31N5O2/c1-16(28)26-20-14-19(24-15-25-20)23-12-7-5-6-11-21(29)27-18-10-8-9-17(13-18)22(2,3)4/h8-10,13-15H,5-7,11-12H2,1-4H3,(H,27,29)(H2,23,24,25,26,28). The Labute approximate surface area is 172 Å². The summed E-state index contributed by atoms with van der Waals surface area (Å²) in [7, 11) is 0. The van der Waals surface area contributed by atoms with Crippen molar-refractivity contribution >= 4 is 29.1 Å². The molecule has 2 rings (SSSR count). The molecule has 0 spiro atoms. The first-order chi connectivity index (χ1) is 13.7. The zero-order chi connectivity index (χ0) is 21.3. The number of hydrogen-bond acceptors (Lipinski definition) is 5. The zero-order valence-corrected chi connectivity index (χ0v) is 17.7. The van der Waals surface area contributed by atoms with E-state index in [1.54, 1.807) is 6.07 Å². The van der Waals surface area contributed by atoms with Gasteiger partial charge in [-0.1, -0.05) is 39.3 Å². The average molecular weight is 398 g/mol. The van der Waals surface area contributed by atoms with Gasteiger partial charge in [0.2, 0.25) is 11.8 Å². The van der Waals surface area contributed by atoms with Crippen molar-refractivity contribution in [3.63, 3.8) is 0 Å². The molecule has 7 heteroatoms. The van der Waals surface area contributed by atoms with E-state index < -0.39 is 0 Å². The van der Waals surface area contributed by atoms with Crippen LogP contribution in [0.3, 0.4) is 0 Å². The van der Waals surface area contributed by atoms with Crippen molar-refractivity contribution in [1.29, 1.82) is 0 Å². The van der Waals surface area contributed by atoms with Gasteiger partial charge >= 0.3 is 0 Å². The summed E-state index contributed by atoms with van der Waals surface area (Å²) in [4.78, 5) is 31.3. The van der Waals surface area contributed by atoms with Gasteiger partial charge in [0.1, 0.15) is 18.0 Å². The first-order valence-electron chi connectivity index (χ1n) is 9.98. The molecule has 1 aromatic heterocycles. The van der Waals surface area contributed by atoms with E-state index in [1.165, 1.54) is 18.8 Å². The number of unbranched alkanes of at least 4 members (excludes halogenated alkanes) is 2. The van der Waals surface area contributed by atoms with Crippen molar-refractivity contribution in [2.24, 2.45) is 0 Å². The molecule has 0 saturated carbocycles. The number of carbonyl (C=O) groups excluding carboxylic acids is 2. The fourth-order valence-corrected chi connectivity index (χ4v) is 2.79. The van der Waals surface area contributed by atoms with Crippen molar-refractivity contribution in [2.45, 2.75) is 58.8 Å². The molecule has 0 aliphatic rings. The molecule has 0 saturated heterocycles. The summed E-state index contributed by atoms with van der Waals surface area (Å²) < 4.78 is 0. The lowest BCUT2D eigenvalue weighted by atomic mass is 9.87. The third-order valence-electron chi connectivity index (χ3n) is 4.37. The van der Waals surface area contributed by atoms with E-state index in [1.807, 2.05) is 18.2 Å². The van der Waals surface area contributed by atoms with Gasteiger partial charge in [0.25, 0.3) is 0 Å². The fraction of sp³-hybridized carbons (Fsp3) is 0.455. The van der Waals surface area contributed by atoms with Gasteiger partial charge in [-0.2, -0.15) is 0 Å². The van der Waals surface area contributed by atoms with Crippen LogP contribution < -0.4 is 16.0 Å². The summed E-state index contributed by atoms with van der Waals surface area (Å²) in [5.41, 5.74) is 2.11. The van der Waals surface area contributed by atoms with E-state index in [2.05, 4.69) is 52.8 Å². The molecule has 7 nitrogen and oxygen atoms in total. The molecular weight excluding hydrogens is 366 g/mol. The maximum atomic E-state index is 12.2. The molecule has 3 N–H and O–H groups in total. The monoisotopic (exact) mass is 397 g/mol. The molecule has 0 unspecified atom stereocenters. The molecule has 0 atom stereocenters. The summed E-state index contributed by atoms with van der Waals surface area (Å²) in [5, 5.41) is 8.82. The number of carbonyl (C=O) groups is 2. The Morgan fingerprint density at radius 2 is 1.72 bits per heavy atom. The summed E-state index contributed by atoms with van der Waals surface area (Å²) >= 11 is 0. The van der Waals surface area contributed by atoms with Crippen molar-refractivity contribution in [1.82, 2.24) is 9.97 Å². The van der Waals surface area contributed by atoms with Crippen LogP contribution in [0.4, 0.5) is 17.3 Å². The molecule has 29 heavy (non-hydrogen) atoms. The van der Waals surface area contributed by atoms with Gasteiger partial charge < -0.3 is 16.0 Å². The molecule has 0 radical (unpaired) electrons.